The van der Waals surface area contributed by atoms with Gasteiger partial charge >= 0.3 is 0 Å². The highest BCUT2D eigenvalue weighted by Gasteiger charge is 2.16. The third-order valence-electron chi connectivity index (χ3n) is 3.47. The number of aryl methyl sites for hydroxylation is 1. The average molecular weight is 302 g/mol. The van der Waals surface area contributed by atoms with Crippen molar-refractivity contribution in [2.75, 3.05) is 6.54 Å². The third kappa shape index (κ3) is 3.95. The first-order chi connectivity index (χ1) is 10.3. The Balaban J connectivity index is 1.95. The SMILES string of the molecule is Cc1cc(C(=O)NCC(O)c2ccc(C(C)(C)C)cc2)on1. The fourth-order valence-corrected chi connectivity index (χ4v) is 2.07. The van der Waals surface area contributed by atoms with Crippen molar-refractivity contribution in [1.29, 1.82) is 0 Å². The number of carbonyl (C=O) groups is 1. The molecule has 2 rings (SSSR count). The second-order valence-electron chi connectivity index (χ2n) is 6.43. The first kappa shape index (κ1) is 16.2. The highest BCUT2D eigenvalue weighted by molar-refractivity contribution is 5.91. The summed E-state index contributed by atoms with van der Waals surface area (Å²) in [5.74, 6) is -0.237. The fraction of sp³-hybridized carbons (Fsp3) is 0.412. The smallest absolute Gasteiger partial charge is 0.290 e. The Morgan fingerprint density at radius 1 is 1.32 bits per heavy atom. The second kappa shape index (κ2) is 6.32. The highest BCUT2D eigenvalue weighted by Crippen LogP contribution is 2.23. The molecule has 0 aliphatic rings. The van der Waals surface area contributed by atoms with Gasteiger partial charge in [0.05, 0.1) is 11.8 Å². The van der Waals surface area contributed by atoms with Crippen LogP contribution in [0.1, 0.15) is 54.3 Å². The van der Waals surface area contributed by atoms with Crippen LogP contribution < -0.4 is 5.32 Å². The number of aliphatic hydroxyl groups is 1. The molecule has 0 radical (unpaired) electrons. The van der Waals surface area contributed by atoms with Gasteiger partial charge in [0.2, 0.25) is 5.76 Å². The Morgan fingerprint density at radius 3 is 2.45 bits per heavy atom. The van der Waals surface area contributed by atoms with Crippen LogP contribution in [0.3, 0.4) is 0 Å². The minimum Gasteiger partial charge on any atom is -0.387 e. The van der Waals surface area contributed by atoms with E-state index in [9.17, 15) is 9.90 Å². The quantitative estimate of drug-likeness (QED) is 0.910. The van der Waals surface area contributed by atoms with Gasteiger partial charge in [-0.15, -0.1) is 0 Å². The Bertz CT molecular complexity index is 639. The molecule has 0 spiro atoms. The standard InChI is InChI=1S/C17H22N2O3/c1-11-9-15(22-19-11)16(21)18-10-14(20)12-5-7-13(8-6-12)17(2,3)4/h5-9,14,20H,10H2,1-4H3,(H,18,21). The van der Waals surface area contributed by atoms with Crippen molar-refractivity contribution in [3.63, 3.8) is 0 Å². The number of aliphatic hydroxyl groups excluding tert-OH is 1. The van der Waals surface area contributed by atoms with Gasteiger partial charge in [-0.3, -0.25) is 4.79 Å². The average Bonchev–Trinajstić information content (AvgIpc) is 2.90. The molecule has 1 aromatic heterocycles. The Hall–Kier alpha value is -2.14. The van der Waals surface area contributed by atoms with Crippen molar-refractivity contribution in [3.8, 4) is 0 Å². The molecule has 0 aliphatic heterocycles. The van der Waals surface area contributed by atoms with Gasteiger partial charge in [0.25, 0.3) is 5.91 Å². The van der Waals surface area contributed by atoms with Gasteiger partial charge in [-0.1, -0.05) is 50.2 Å². The summed E-state index contributed by atoms with van der Waals surface area (Å²) < 4.78 is 4.87. The maximum atomic E-state index is 11.8. The Kier molecular flexibility index (Phi) is 4.66. The molecule has 1 atom stereocenters. The second-order valence-corrected chi connectivity index (χ2v) is 6.43. The summed E-state index contributed by atoms with van der Waals surface area (Å²) in [5, 5.41) is 16.4. The number of nitrogens with one attached hydrogen (secondary N) is 1. The van der Waals surface area contributed by atoms with E-state index in [0.717, 1.165) is 5.56 Å². The zero-order valence-electron chi connectivity index (χ0n) is 13.4. The maximum absolute atomic E-state index is 11.8. The van der Waals surface area contributed by atoms with Crippen LogP contribution in [0, 0.1) is 6.92 Å². The molecule has 0 saturated carbocycles. The molecule has 1 amide bonds. The summed E-state index contributed by atoms with van der Waals surface area (Å²) in [4.78, 5) is 11.8. The maximum Gasteiger partial charge on any atom is 0.290 e. The van der Waals surface area contributed by atoms with Crippen molar-refractivity contribution in [2.24, 2.45) is 0 Å². The van der Waals surface area contributed by atoms with Gasteiger partial charge in [-0.25, -0.2) is 0 Å². The van der Waals surface area contributed by atoms with Gasteiger partial charge in [-0.2, -0.15) is 0 Å². The molecule has 0 fully saturated rings. The number of nitrogens with zero attached hydrogens (tertiary/aromatic N) is 1. The largest absolute Gasteiger partial charge is 0.387 e. The van der Waals surface area contributed by atoms with Gasteiger partial charge in [0.1, 0.15) is 0 Å². The van der Waals surface area contributed by atoms with Crippen LogP contribution in [-0.4, -0.2) is 22.7 Å². The number of carbonyl (C=O) groups excluding carboxylic acids is 1. The van der Waals surface area contributed by atoms with Crippen LogP contribution in [-0.2, 0) is 5.41 Å². The van der Waals surface area contributed by atoms with Crippen LogP contribution in [0.25, 0.3) is 0 Å². The van der Waals surface area contributed by atoms with Crippen molar-refractivity contribution in [3.05, 3.63) is 52.9 Å². The minimum atomic E-state index is -0.762. The zero-order valence-corrected chi connectivity index (χ0v) is 13.4. The molecule has 1 heterocycles. The van der Waals surface area contributed by atoms with Crippen LogP contribution in [0.4, 0.5) is 0 Å². The molecule has 118 valence electrons. The van der Waals surface area contributed by atoms with E-state index in [4.69, 9.17) is 4.52 Å². The van der Waals surface area contributed by atoms with Crippen LogP contribution >= 0.6 is 0 Å². The van der Waals surface area contributed by atoms with E-state index in [1.54, 1.807) is 13.0 Å². The van der Waals surface area contributed by atoms with Crippen LogP contribution in [0.15, 0.2) is 34.9 Å². The van der Waals surface area contributed by atoms with Gasteiger partial charge < -0.3 is 14.9 Å². The van der Waals surface area contributed by atoms with Crippen molar-refractivity contribution in [1.82, 2.24) is 10.5 Å². The summed E-state index contributed by atoms with van der Waals surface area (Å²) in [7, 11) is 0. The highest BCUT2D eigenvalue weighted by atomic mass is 16.5. The molecule has 0 saturated heterocycles. The number of amides is 1. The molecule has 2 N–H and O–H groups in total. The van der Waals surface area contributed by atoms with E-state index in [2.05, 4.69) is 31.2 Å². The summed E-state index contributed by atoms with van der Waals surface area (Å²) in [6.07, 6.45) is -0.762. The van der Waals surface area contributed by atoms with Crippen LogP contribution in [0.2, 0.25) is 0 Å². The van der Waals surface area contributed by atoms with Gasteiger partial charge in [-0.05, 0) is 23.5 Å². The first-order valence-corrected chi connectivity index (χ1v) is 7.27. The lowest BCUT2D eigenvalue weighted by molar-refractivity contribution is 0.0880. The van der Waals surface area contributed by atoms with Crippen molar-refractivity contribution in [2.45, 2.75) is 39.2 Å². The Morgan fingerprint density at radius 2 is 1.95 bits per heavy atom. The summed E-state index contributed by atoms with van der Waals surface area (Å²) in [6.45, 7) is 8.27. The molecule has 1 aromatic carbocycles. The van der Waals surface area contributed by atoms with E-state index >= 15 is 0 Å². The predicted molar refractivity (Wildman–Crippen MR) is 83.7 cm³/mol. The molecule has 22 heavy (non-hydrogen) atoms. The Labute approximate surface area is 130 Å². The number of aromatic nitrogens is 1. The molecule has 0 bridgehead atoms. The number of hydrogen-bond acceptors (Lipinski definition) is 4. The van der Waals surface area contributed by atoms with Gasteiger partial charge in [0.15, 0.2) is 0 Å². The van der Waals surface area contributed by atoms with E-state index in [1.807, 2.05) is 24.3 Å². The van der Waals surface area contributed by atoms with E-state index in [0.29, 0.717) is 5.69 Å². The van der Waals surface area contributed by atoms with E-state index in [1.165, 1.54) is 5.56 Å². The molecule has 2 aromatic rings. The zero-order chi connectivity index (χ0) is 16.3. The lowest BCUT2D eigenvalue weighted by atomic mass is 9.86. The molecular formula is C17H22N2O3. The number of rotatable bonds is 4. The molecule has 1 unspecified atom stereocenters. The number of hydrogen-bond donors (Lipinski definition) is 2. The summed E-state index contributed by atoms with van der Waals surface area (Å²) in [5.41, 5.74) is 2.68. The topological polar surface area (TPSA) is 75.4 Å². The number of benzene rings is 1. The third-order valence-corrected chi connectivity index (χ3v) is 3.47. The molecule has 5 heteroatoms. The van der Waals surface area contributed by atoms with Crippen molar-refractivity contribution < 1.29 is 14.4 Å². The van der Waals surface area contributed by atoms with Gasteiger partial charge in [0, 0.05) is 12.6 Å². The molecular weight excluding hydrogens is 280 g/mol. The monoisotopic (exact) mass is 302 g/mol. The van der Waals surface area contributed by atoms with E-state index < -0.39 is 6.10 Å². The minimum absolute atomic E-state index is 0.0713. The lowest BCUT2D eigenvalue weighted by Crippen LogP contribution is -2.28. The van der Waals surface area contributed by atoms with Crippen molar-refractivity contribution >= 4 is 5.91 Å². The normalized spacial score (nSPS) is 13.0. The van der Waals surface area contributed by atoms with E-state index in [-0.39, 0.29) is 23.6 Å². The summed E-state index contributed by atoms with van der Waals surface area (Å²) in [6, 6.07) is 9.33. The summed E-state index contributed by atoms with van der Waals surface area (Å²) >= 11 is 0. The predicted octanol–water partition coefficient (Wildman–Crippen LogP) is 2.74. The lowest BCUT2D eigenvalue weighted by Gasteiger charge is -2.20. The molecule has 5 nitrogen and oxygen atoms in total. The first-order valence-electron chi connectivity index (χ1n) is 7.27. The fourth-order valence-electron chi connectivity index (χ4n) is 2.07. The molecule has 0 aliphatic carbocycles. The van der Waals surface area contributed by atoms with Crippen LogP contribution in [0.5, 0.6) is 0 Å².